The molecule has 0 saturated heterocycles. The van der Waals surface area contributed by atoms with Crippen LogP contribution in [0.15, 0.2) is 12.2 Å². The van der Waals surface area contributed by atoms with Gasteiger partial charge in [-0.1, -0.05) is 0 Å². The number of nitrogens with one attached hydrogen (secondary N) is 1. The van der Waals surface area contributed by atoms with Gasteiger partial charge in [0.1, 0.15) is 0 Å². The average Bonchev–Trinajstić information content (AvgIpc) is 3.02. The van der Waals surface area contributed by atoms with Crippen LogP contribution in [0.3, 0.4) is 0 Å². The summed E-state index contributed by atoms with van der Waals surface area (Å²) < 4.78 is 21.0. The number of carboxylic acid groups (broad SMARTS) is 1. The minimum absolute atomic E-state index is 0.0201. The number of nitrogens with zero attached hydrogens (tertiary/aromatic N) is 1. The Balaban J connectivity index is 1.78. The molecule has 0 aromatic heterocycles. The third-order valence-electron chi connectivity index (χ3n) is 3.83. The molecule has 0 aliphatic carbocycles. The van der Waals surface area contributed by atoms with Crippen LogP contribution in [0.4, 0.5) is 0 Å². The highest BCUT2D eigenvalue weighted by molar-refractivity contribution is 6.12. The summed E-state index contributed by atoms with van der Waals surface area (Å²) in [4.78, 5) is 45.8. The molecule has 1 aliphatic rings. The monoisotopic (exact) mass is 430 g/mol. The zero-order valence-corrected chi connectivity index (χ0v) is 17.0. The summed E-state index contributed by atoms with van der Waals surface area (Å²) in [6.45, 7) is 3.45. The minimum Gasteiger partial charge on any atom is -0.481 e. The fraction of sp³-hybridized carbons (Fsp3) is 0.684. The van der Waals surface area contributed by atoms with Crippen LogP contribution >= 0.6 is 0 Å². The van der Waals surface area contributed by atoms with Crippen LogP contribution in [0.25, 0.3) is 0 Å². The lowest BCUT2D eigenvalue weighted by atomic mass is 10.3. The molecule has 1 rings (SSSR count). The Morgan fingerprint density at radius 1 is 0.800 bits per heavy atom. The van der Waals surface area contributed by atoms with E-state index in [0.29, 0.717) is 59.2 Å². The lowest BCUT2D eigenvalue weighted by molar-refractivity contribution is -0.139. The van der Waals surface area contributed by atoms with Gasteiger partial charge in [-0.15, -0.1) is 0 Å². The number of aliphatic carboxylic acids is 1. The van der Waals surface area contributed by atoms with E-state index in [2.05, 4.69) is 5.32 Å². The highest BCUT2D eigenvalue weighted by Gasteiger charge is 2.22. The number of amides is 3. The maximum atomic E-state index is 11.7. The first-order chi connectivity index (χ1) is 14.5. The van der Waals surface area contributed by atoms with E-state index >= 15 is 0 Å². The molecular weight excluding hydrogens is 400 g/mol. The number of carbonyl (C=O) groups is 4. The topological polar surface area (TPSA) is 141 Å². The molecule has 0 radical (unpaired) electrons. The van der Waals surface area contributed by atoms with Gasteiger partial charge in [0.25, 0.3) is 11.8 Å². The first-order valence-corrected chi connectivity index (χ1v) is 9.83. The van der Waals surface area contributed by atoms with E-state index in [-0.39, 0.29) is 43.7 Å². The molecule has 0 unspecified atom stereocenters. The van der Waals surface area contributed by atoms with Gasteiger partial charge >= 0.3 is 5.97 Å². The molecular formula is C19H30N2O9. The van der Waals surface area contributed by atoms with Crippen LogP contribution in [0.2, 0.25) is 0 Å². The van der Waals surface area contributed by atoms with E-state index in [1.165, 1.54) is 12.2 Å². The van der Waals surface area contributed by atoms with Crippen LogP contribution in [0.1, 0.15) is 19.3 Å². The summed E-state index contributed by atoms with van der Waals surface area (Å²) in [5.41, 5.74) is 0. The van der Waals surface area contributed by atoms with Crippen LogP contribution < -0.4 is 5.32 Å². The third kappa shape index (κ3) is 13.0. The van der Waals surface area contributed by atoms with Gasteiger partial charge in [0.05, 0.1) is 59.3 Å². The van der Waals surface area contributed by atoms with Crippen molar-refractivity contribution in [1.29, 1.82) is 0 Å². The van der Waals surface area contributed by atoms with Crippen molar-refractivity contribution in [2.75, 3.05) is 65.9 Å². The van der Waals surface area contributed by atoms with Gasteiger partial charge in [0.2, 0.25) is 5.91 Å². The molecule has 0 saturated carbocycles. The van der Waals surface area contributed by atoms with Crippen molar-refractivity contribution in [1.82, 2.24) is 10.2 Å². The zero-order chi connectivity index (χ0) is 22.0. The van der Waals surface area contributed by atoms with Crippen molar-refractivity contribution in [3.63, 3.8) is 0 Å². The second-order valence-electron chi connectivity index (χ2n) is 6.21. The summed E-state index contributed by atoms with van der Waals surface area (Å²) in [5, 5.41) is 11.1. The SMILES string of the molecule is O=C(O)CCOCCOCCOCCOCCNC(=O)CCCN1C(=O)C=CC1=O. The number of hydrogen-bond donors (Lipinski definition) is 2. The Hall–Kier alpha value is -2.34. The second kappa shape index (κ2) is 16.5. The first kappa shape index (κ1) is 25.7. The van der Waals surface area contributed by atoms with Gasteiger partial charge in [0.15, 0.2) is 0 Å². The molecule has 0 atom stereocenters. The van der Waals surface area contributed by atoms with Gasteiger partial charge in [-0.3, -0.25) is 24.1 Å². The summed E-state index contributed by atoms with van der Waals surface area (Å²) in [7, 11) is 0. The summed E-state index contributed by atoms with van der Waals surface area (Å²) in [6.07, 6.45) is 3.06. The number of hydrogen-bond acceptors (Lipinski definition) is 8. The van der Waals surface area contributed by atoms with Crippen molar-refractivity contribution in [2.24, 2.45) is 0 Å². The van der Waals surface area contributed by atoms with Crippen LogP contribution in [-0.4, -0.2) is 99.6 Å². The molecule has 0 bridgehead atoms. The van der Waals surface area contributed by atoms with E-state index in [4.69, 9.17) is 24.1 Å². The molecule has 3 amide bonds. The van der Waals surface area contributed by atoms with Crippen molar-refractivity contribution >= 4 is 23.7 Å². The van der Waals surface area contributed by atoms with E-state index in [9.17, 15) is 19.2 Å². The Kier molecular flexibility index (Phi) is 14.1. The molecule has 170 valence electrons. The number of carbonyl (C=O) groups excluding carboxylic acids is 3. The summed E-state index contributed by atoms with van der Waals surface area (Å²) in [6, 6.07) is 0. The highest BCUT2D eigenvalue weighted by atomic mass is 16.6. The molecule has 1 heterocycles. The quantitative estimate of drug-likeness (QED) is 0.202. The Morgan fingerprint density at radius 3 is 1.83 bits per heavy atom. The van der Waals surface area contributed by atoms with E-state index < -0.39 is 5.97 Å². The van der Waals surface area contributed by atoms with E-state index in [0.717, 1.165) is 4.90 Å². The number of carboxylic acids is 1. The van der Waals surface area contributed by atoms with Gasteiger partial charge in [-0.05, 0) is 6.42 Å². The Bertz CT molecular complexity index is 562. The smallest absolute Gasteiger partial charge is 0.305 e. The average molecular weight is 430 g/mol. The maximum Gasteiger partial charge on any atom is 0.305 e. The van der Waals surface area contributed by atoms with Crippen molar-refractivity contribution < 1.29 is 43.2 Å². The molecule has 11 nitrogen and oxygen atoms in total. The minimum atomic E-state index is -0.891. The van der Waals surface area contributed by atoms with Crippen LogP contribution in [-0.2, 0) is 38.1 Å². The molecule has 30 heavy (non-hydrogen) atoms. The largest absolute Gasteiger partial charge is 0.481 e. The summed E-state index contributed by atoms with van der Waals surface area (Å²) >= 11 is 0. The second-order valence-corrected chi connectivity index (χ2v) is 6.21. The maximum absolute atomic E-state index is 11.7. The van der Waals surface area contributed by atoms with Crippen molar-refractivity contribution in [3.8, 4) is 0 Å². The molecule has 0 aromatic carbocycles. The van der Waals surface area contributed by atoms with Gasteiger partial charge in [-0.25, -0.2) is 0 Å². The fourth-order valence-corrected chi connectivity index (χ4v) is 2.32. The van der Waals surface area contributed by atoms with Gasteiger partial charge in [0, 0.05) is 31.7 Å². The van der Waals surface area contributed by atoms with Crippen molar-refractivity contribution in [2.45, 2.75) is 19.3 Å². The Morgan fingerprint density at radius 2 is 1.30 bits per heavy atom. The number of imide groups is 1. The molecule has 0 fully saturated rings. The number of rotatable bonds is 19. The lowest BCUT2D eigenvalue weighted by Gasteiger charge is -2.13. The molecule has 0 aromatic rings. The van der Waals surface area contributed by atoms with Gasteiger partial charge < -0.3 is 29.4 Å². The molecule has 1 aliphatic heterocycles. The molecule has 0 spiro atoms. The third-order valence-corrected chi connectivity index (χ3v) is 3.83. The Labute approximate surface area is 175 Å². The molecule has 2 N–H and O–H groups in total. The first-order valence-electron chi connectivity index (χ1n) is 9.83. The zero-order valence-electron chi connectivity index (χ0n) is 17.0. The predicted octanol–water partition coefficient (Wildman–Crippen LogP) is -0.651. The van der Waals surface area contributed by atoms with E-state index in [1.807, 2.05) is 0 Å². The normalized spacial score (nSPS) is 13.3. The van der Waals surface area contributed by atoms with Crippen molar-refractivity contribution in [3.05, 3.63) is 12.2 Å². The van der Waals surface area contributed by atoms with Gasteiger partial charge in [-0.2, -0.15) is 0 Å². The number of ether oxygens (including phenoxy) is 4. The standard InChI is InChI=1S/C19H30N2O9/c22-16(2-1-7-21-17(23)3-4-18(21)24)20-6-9-28-11-13-30-15-14-29-12-10-27-8-5-19(25)26/h3-4H,1-2,5-15H2,(H,20,22)(H,25,26). The highest BCUT2D eigenvalue weighted by Crippen LogP contribution is 2.05. The summed E-state index contributed by atoms with van der Waals surface area (Å²) in [5.74, 6) is -1.74. The van der Waals surface area contributed by atoms with E-state index in [1.54, 1.807) is 0 Å². The van der Waals surface area contributed by atoms with Crippen LogP contribution in [0, 0.1) is 0 Å². The lowest BCUT2D eigenvalue weighted by Crippen LogP contribution is -2.32. The fourth-order valence-electron chi connectivity index (χ4n) is 2.32. The molecule has 11 heteroatoms. The van der Waals surface area contributed by atoms with Crippen LogP contribution in [0.5, 0.6) is 0 Å². The predicted molar refractivity (Wildman–Crippen MR) is 104 cm³/mol.